The molecular weight excluding hydrogens is 1140 g/mol. The monoisotopic (exact) mass is 1210 g/mol. The van der Waals surface area contributed by atoms with E-state index in [9.17, 15) is 40.5 Å². The maximum Gasteiger partial charge on any atom is 0.254 e. The van der Waals surface area contributed by atoms with Crippen LogP contribution in [-0.2, 0) is 65.0 Å². The number of rotatable bonds is 11. The van der Waals surface area contributed by atoms with Crippen LogP contribution in [0.5, 0.6) is 28.7 Å². The van der Waals surface area contributed by atoms with Crippen molar-refractivity contribution >= 4 is 11.6 Å². The van der Waals surface area contributed by atoms with E-state index in [0.717, 1.165) is 95.3 Å². The molecule has 5 aliphatic rings. The van der Waals surface area contributed by atoms with Gasteiger partial charge in [0, 0.05) is 54.2 Å². The third-order valence-corrected chi connectivity index (χ3v) is 18.3. The third-order valence-electron chi connectivity index (χ3n) is 18.3. The van der Waals surface area contributed by atoms with E-state index in [1.54, 1.807) is 26.4 Å². The number of benzene rings is 9. The summed E-state index contributed by atoms with van der Waals surface area (Å²) in [7, 11) is 3.19. The predicted molar refractivity (Wildman–Crippen MR) is 338 cm³/mol. The Morgan fingerprint density at radius 2 is 1.08 bits per heavy atom. The van der Waals surface area contributed by atoms with Gasteiger partial charge < -0.3 is 62.5 Å². The standard InChI is InChI=1S/C25H25NO4.C25H25NO3.C25H23NO3.ClH/c27-15-18-7-9-22-20(12-18)10-11-26(25(30)19-4-2-1-3-5-19)23(22)13-17-6-8-21(16-28)24(29)14-17;2*1-29-24-14-21-19(13-23(24)28)12-22-20-8-7-16(15-27)11-18(20)9-10-26(22)25(21)17-5-3-2-4-6-17;/h1-9,12,14,23,27-29H,10-11,13,15-16H2;2-8,11,13-14,22,25,27-28H,9-10,12,15H2,1H3;2-8,11,13-14,22,27H,9-10,12,15H2,1H3;1H/t;22-,25-;22-;/m.00./s1. The zero-order chi connectivity index (χ0) is 61.0. The molecule has 9 aromatic carbocycles. The van der Waals surface area contributed by atoms with Gasteiger partial charge in [-0.1, -0.05) is 133 Å². The number of methoxy groups -OCH3 is 2. The Balaban J connectivity index is 0.000000137. The fourth-order valence-electron chi connectivity index (χ4n) is 14.0. The average Bonchev–Trinajstić information content (AvgIpc) is 0.929. The first-order valence-electron chi connectivity index (χ1n) is 30.2. The van der Waals surface area contributed by atoms with Gasteiger partial charge in [-0.25, -0.2) is 4.58 Å². The Hall–Kier alpha value is -8.79. The Kier molecular flexibility index (Phi) is 19.0. The molecule has 7 N–H and O–H groups in total. The molecule has 0 saturated carbocycles. The van der Waals surface area contributed by atoms with Crippen LogP contribution in [0.25, 0.3) is 0 Å². The summed E-state index contributed by atoms with van der Waals surface area (Å²) in [6.45, 7) is 2.36. The second kappa shape index (κ2) is 27.3. The lowest BCUT2D eigenvalue weighted by molar-refractivity contribution is -0.577. The first-order valence-corrected chi connectivity index (χ1v) is 30.2. The minimum atomic E-state index is -0.221. The summed E-state index contributed by atoms with van der Waals surface area (Å²) in [5.41, 5.74) is 20.5. The molecule has 0 aliphatic carbocycles. The highest BCUT2D eigenvalue weighted by Gasteiger charge is 2.42. The fraction of sp³-hybridized carbons (Fsp3) is 0.253. The maximum absolute atomic E-state index is 13.3. The Labute approximate surface area is 525 Å². The van der Waals surface area contributed by atoms with Crippen molar-refractivity contribution in [3.63, 3.8) is 0 Å². The molecule has 13 nitrogen and oxygen atoms in total. The molecule has 0 fully saturated rings. The zero-order valence-electron chi connectivity index (χ0n) is 50.0. The number of aliphatic hydroxyl groups excluding tert-OH is 4. The van der Waals surface area contributed by atoms with Crippen molar-refractivity contribution < 1.29 is 67.0 Å². The quantitative estimate of drug-likeness (QED) is 0.0621. The van der Waals surface area contributed by atoms with Gasteiger partial charge in [0.25, 0.3) is 5.91 Å². The molecule has 89 heavy (non-hydrogen) atoms. The van der Waals surface area contributed by atoms with E-state index >= 15 is 0 Å². The first kappa shape index (κ1) is 61.8. The summed E-state index contributed by atoms with van der Waals surface area (Å²) in [5, 5.41) is 68.8. The van der Waals surface area contributed by atoms with E-state index < -0.39 is 0 Å². The highest BCUT2D eigenvalue weighted by atomic mass is 35.5. The van der Waals surface area contributed by atoms with Gasteiger partial charge in [-0.2, -0.15) is 0 Å². The highest BCUT2D eigenvalue weighted by Crippen LogP contribution is 2.49. The molecule has 5 aliphatic heterocycles. The van der Waals surface area contributed by atoms with Crippen molar-refractivity contribution in [2.45, 2.75) is 89.1 Å². The molecule has 5 heterocycles. The number of halogens is 1. The van der Waals surface area contributed by atoms with E-state index in [2.05, 4.69) is 82.3 Å². The molecule has 4 atom stereocenters. The third kappa shape index (κ3) is 12.5. The van der Waals surface area contributed by atoms with Gasteiger partial charge in [0.05, 0.1) is 58.3 Å². The normalized spacial score (nSPS) is 17.6. The molecule has 0 radical (unpaired) electrons. The molecule has 0 aromatic heterocycles. The van der Waals surface area contributed by atoms with E-state index in [4.69, 9.17) is 9.47 Å². The maximum atomic E-state index is 13.3. The number of amides is 1. The fourth-order valence-corrected chi connectivity index (χ4v) is 14.0. The number of carbonyl (C=O) groups is 1. The number of ether oxygens (including phenoxy) is 2. The topological polar surface area (TPSA) is 187 Å². The molecule has 1 amide bonds. The molecule has 14 rings (SSSR count). The number of hydrogen-bond donors (Lipinski definition) is 7. The molecule has 14 heteroatoms. The molecule has 1 unspecified atom stereocenters. The number of hydrogen-bond acceptors (Lipinski definition) is 11. The van der Waals surface area contributed by atoms with Crippen LogP contribution in [0.4, 0.5) is 0 Å². The Morgan fingerprint density at radius 1 is 0.517 bits per heavy atom. The lowest BCUT2D eigenvalue weighted by Crippen LogP contribution is -3.00. The van der Waals surface area contributed by atoms with Gasteiger partial charge in [-0.3, -0.25) is 9.69 Å². The van der Waals surface area contributed by atoms with Crippen LogP contribution in [0.15, 0.2) is 188 Å². The van der Waals surface area contributed by atoms with E-state index in [1.165, 1.54) is 44.7 Å². The Morgan fingerprint density at radius 3 is 1.71 bits per heavy atom. The van der Waals surface area contributed by atoms with Crippen molar-refractivity contribution in [3.8, 4) is 28.7 Å². The minimum absolute atomic E-state index is 0. The molecule has 0 saturated heterocycles. The van der Waals surface area contributed by atoms with E-state index in [0.29, 0.717) is 35.6 Å². The highest BCUT2D eigenvalue weighted by molar-refractivity contribution is 6.11. The minimum Gasteiger partial charge on any atom is -1.00 e. The van der Waals surface area contributed by atoms with Crippen LogP contribution in [0.3, 0.4) is 0 Å². The van der Waals surface area contributed by atoms with Crippen molar-refractivity contribution in [1.29, 1.82) is 0 Å². The first-order chi connectivity index (χ1) is 43.0. The largest absolute Gasteiger partial charge is 1.00 e. The van der Waals surface area contributed by atoms with Gasteiger partial charge in [0.15, 0.2) is 29.0 Å². The van der Waals surface area contributed by atoms with Crippen molar-refractivity contribution in [1.82, 2.24) is 9.80 Å². The van der Waals surface area contributed by atoms with Crippen LogP contribution in [0, 0.1) is 0 Å². The number of fused-ring (bicyclic) bond motifs is 9. The Bertz CT molecular complexity index is 4050. The number of aliphatic hydroxyl groups is 4. The van der Waals surface area contributed by atoms with E-state index in [1.807, 2.05) is 108 Å². The summed E-state index contributed by atoms with van der Waals surface area (Å²) in [6.07, 6.45) is 4.86. The molecular formula is C75H74ClN3O10. The lowest BCUT2D eigenvalue weighted by atomic mass is 9.78. The molecule has 0 bridgehead atoms. The van der Waals surface area contributed by atoms with Crippen molar-refractivity contribution in [2.24, 2.45) is 0 Å². The van der Waals surface area contributed by atoms with Crippen LogP contribution >= 0.6 is 0 Å². The average molecular weight is 1210 g/mol. The summed E-state index contributed by atoms with van der Waals surface area (Å²) in [6, 6.07) is 62.2. The van der Waals surface area contributed by atoms with Crippen molar-refractivity contribution in [3.05, 3.63) is 288 Å². The summed E-state index contributed by atoms with van der Waals surface area (Å²) < 4.78 is 13.3. The zero-order valence-corrected chi connectivity index (χ0v) is 50.7. The van der Waals surface area contributed by atoms with Crippen LogP contribution < -0.4 is 21.9 Å². The van der Waals surface area contributed by atoms with Gasteiger partial charge in [0.2, 0.25) is 5.71 Å². The molecule has 456 valence electrons. The summed E-state index contributed by atoms with van der Waals surface area (Å²) >= 11 is 0. The van der Waals surface area contributed by atoms with Crippen LogP contribution in [0.2, 0.25) is 0 Å². The number of nitrogens with zero attached hydrogens (tertiary/aromatic N) is 3. The predicted octanol–water partition coefficient (Wildman–Crippen LogP) is 8.10. The summed E-state index contributed by atoms with van der Waals surface area (Å²) in [4.78, 5) is 17.8. The smallest absolute Gasteiger partial charge is 0.254 e. The summed E-state index contributed by atoms with van der Waals surface area (Å²) in [5.74, 6) is 1.43. The van der Waals surface area contributed by atoms with Crippen LogP contribution in [0.1, 0.15) is 129 Å². The molecule has 0 spiro atoms. The van der Waals surface area contributed by atoms with Gasteiger partial charge in [-0.15, -0.1) is 0 Å². The number of phenols is 3. The van der Waals surface area contributed by atoms with Crippen LogP contribution in [-0.4, -0.2) is 95.6 Å². The van der Waals surface area contributed by atoms with Crippen molar-refractivity contribution in [2.75, 3.05) is 33.9 Å². The molecule has 9 aromatic rings. The van der Waals surface area contributed by atoms with Gasteiger partial charge in [0.1, 0.15) is 12.3 Å². The van der Waals surface area contributed by atoms with Gasteiger partial charge >= 0.3 is 0 Å². The number of carbonyl (C=O) groups excluding carboxylic acids is 1. The lowest BCUT2D eigenvalue weighted by Gasteiger charge is -2.47. The van der Waals surface area contributed by atoms with E-state index in [-0.39, 0.29) is 86.2 Å². The number of aromatic hydroxyl groups is 3. The SMILES string of the molecule is COc1cc2c(cc1O)C[C@H]1c3ccc(CO)cc3CCN1[C@H]2c1ccccc1.COc1cc2c(cc1O)C[C@H]1c3ccc(CO)cc3CC[N+]1=C2c1ccccc1.O=C(c1ccccc1)N1CCc2cc(CO)ccc2C1Cc1ccc(CO)c(O)c1.[Cl-]. The number of phenolic OH excluding ortho intramolecular Hbond substituents is 2. The van der Waals surface area contributed by atoms with Gasteiger partial charge in [-0.05, 0) is 153 Å². The second-order valence-electron chi connectivity index (χ2n) is 23.3. The second-order valence-corrected chi connectivity index (χ2v) is 23.3.